The Balaban J connectivity index is 1.55. The minimum absolute atomic E-state index is 0.132. The molecule has 4 rings (SSSR count). The van der Waals surface area contributed by atoms with E-state index < -0.39 is 5.76 Å². The smallest absolute Gasteiger partial charge is 0.387 e. The van der Waals surface area contributed by atoms with Crippen LogP contribution in [0.25, 0.3) is 10.8 Å². The molecule has 0 N–H and O–H groups in total. The fraction of sp³-hybridized carbons (Fsp3) is 0.429. The molecule has 0 radical (unpaired) electrons. The third kappa shape index (κ3) is 2.50. The van der Waals surface area contributed by atoms with E-state index in [0.29, 0.717) is 17.7 Å². The Kier molecular flexibility index (Phi) is 3.38. The van der Waals surface area contributed by atoms with Gasteiger partial charge >= 0.3 is 5.76 Å². The van der Waals surface area contributed by atoms with Crippen LogP contribution in [0.1, 0.15) is 43.3 Å². The lowest BCUT2D eigenvalue weighted by atomic mass is 10.1. The molecule has 0 saturated heterocycles. The largest absolute Gasteiger partial charge is 0.437 e. The average Bonchev–Trinajstić information content (AvgIpc) is 3.28. The molecule has 1 fully saturated rings. The van der Waals surface area contributed by atoms with Crippen molar-refractivity contribution in [1.82, 2.24) is 19.9 Å². The second kappa shape index (κ2) is 5.53. The molecule has 1 aliphatic carbocycles. The van der Waals surface area contributed by atoms with E-state index in [1.54, 1.807) is 0 Å². The van der Waals surface area contributed by atoms with Crippen molar-refractivity contribution >= 4 is 11.3 Å². The van der Waals surface area contributed by atoms with Crippen LogP contribution in [0.4, 0.5) is 0 Å². The van der Waals surface area contributed by atoms with Crippen molar-refractivity contribution < 1.29 is 8.94 Å². The first kappa shape index (κ1) is 13.4. The van der Waals surface area contributed by atoms with E-state index in [4.69, 9.17) is 8.94 Å². The monoisotopic (exact) mass is 318 g/mol. The first-order valence-corrected chi connectivity index (χ1v) is 8.12. The van der Waals surface area contributed by atoms with Crippen molar-refractivity contribution in [3.63, 3.8) is 0 Å². The summed E-state index contributed by atoms with van der Waals surface area (Å²) in [6.45, 7) is 0.132. The zero-order chi connectivity index (χ0) is 14.9. The van der Waals surface area contributed by atoms with Crippen LogP contribution in [0.15, 0.2) is 31.2 Å². The van der Waals surface area contributed by atoms with Gasteiger partial charge in [0.25, 0.3) is 5.89 Å². The van der Waals surface area contributed by atoms with Crippen LogP contribution in [0.3, 0.4) is 0 Å². The van der Waals surface area contributed by atoms with Crippen LogP contribution < -0.4 is 5.76 Å². The highest BCUT2D eigenvalue weighted by Crippen LogP contribution is 2.32. The highest BCUT2D eigenvalue weighted by molar-refractivity contribution is 7.13. The number of nitrogens with zero attached hydrogens (tertiary/aromatic N) is 4. The molecule has 0 amide bonds. The molecular formula is C14H14N4O3S. The normalized spacial score (nSPS) is 15.6. The fourth-order valence-corrected chi connectivity index (χ4v) is 3.36. The Hall–Kier alpha value is -2.22. The molecule has 0 aliphatic heterocycles. The van der Waals surface area contributed by atoms with E-state index in [2.05, 4.69) is 15.2 Å². The maximum atomic E-state index is 11.9. The summed E-state index contributed by atoms with van der Waals surface area (Å²) in [5.74, 6) is 1.30. The maximum absolute atomic E-state index is 11.9. The fourth-order valence-electron chi connectivity index (χ4n) is 2.72. The maximum Gasteiger partial charge on any atom is 0.437 e. The van der Waals surface area contributed by atoms with Gasteiger partial charge in [-0.25, -0.2) is 4.79 Å². The van der Waals surface area contributed by atoms with Crippen molar-refractivity contribution in [3.8, 4) is 10.8 Å². The van der Waals surface area contributed by atoms with E-state index in [-0.39, 0.29) is 6.54 Å². The SMILES string of the molecule is O=c1oc(-c2cccs2)nn1Cc1nc(C2CCCC2)no1. The number of hydrogen-bond acceptors (Lipinski definition) is 7. The summed E-state index contributed by atoms with van der Waals surface area (Å²) < 4.78 is 11.6. The lowest BCUT2D eigenvalue weighted by molar-refractivity contribution is 0.353. The van der Waals surface area contributed by atoms with Gasteiger partial charge in [-0.1, -0.05) is 24.1 Å². The highest BCUT2D eigenvalue weighted by atomic mass is 32.1. The summed E-state index contributed by atoms with van der Waals surface area (Å²) in [4.78, 5) is 17.0. The van der Waals surface area contributed by atoms with Gasteiger partial charge in [0.2, 0.25) is 5.89 Å². The molecule has 1 saturated carbocycles. The lowest BCUT2D eigenvalue weighted by Crippen LogP contribution is -2.16. The molecule has 22 heavy (non-hydrogen) atoms. The average molecular weight is 318 g/mol. The molecule has 0 aromatic carbocycles. The van der Waals surface area contributed by atoms with E-state index >= 15 is 0 Å². The highest BCUT2D eigenvalue weighted by Gasteiger charge is 2.23. The molecule has 8 heteroatoms. The minimum atomic E-state index is -0.524. The third-order valence-corrected chi connectivity index (χ3v) is 4.69. The van der Waals surface area contributed by atoms with Crippen LogP contribution in [0.5, 0.6) is 0 Å². The van der Waals surface area contributed by atoms with Crippen molar-refractivity contribution in [3.05, 3.63) is 39.8 Å². The van der Waals surface area contributed by atoms with E-state index in [1.165, 1.54) is 28.9 Å². The van der Waals surface area contributed by atoms with Crippen LogP contribution in [-0.4, -0.2) is 19.9 Å². The molecule has 0 bridgehead atoms. The summed E-state index contributed by atoms with van der Waals surface area (Å²) >= 11 is 1.47. The Morgan fingerprint density at radius 3 is 3.00 bits per heavy atom. The van der Waals surface area contributed by atoms with Gasteiger partial charge in [-0.05, 0) is 24.3 Å². The van der Waals surface area contributed by atoms with Gasteiger partial charge in [0, 0.05) is 5.92 Å². The molecule has 0 unspecified atom stereocenters. The van der Waals surface area contributed by atoms with Crippen molar-refractivity contribution in [1.29, 1.82) is 0 Å². The van der Waals surface area contributed by atoms with Crippen LogP contribution in [0.2, 0.25) is 0 Å². The molecular weight excluding hydrogens is 304 g/mol. The quantitative estimate of drug-likeness (QED) is 0.735. The van der Waals surface area contributed by atoms with E-state index in [1.807, 2.05) is 17.5 Å². The Morgan fingerprint density at radius 2 is 2.23 bits per heavy atom. The predicted octanol–water partition coefficient (Wildman–Crippen LogP) is 2.65. The number of aromatic nitrogens is 4. The summed E-state index contributed by atoms with van der Waals surface area (Å²) in [5, 5.41) is 10.1. The van der Waals surface area contributed by atoms with Crippen LogP contribution in [0, 0.1) is 0 Å². The zero-order valence-corrected chi connectivity index (χ0v) is 12.6. The van der Waals surface area contributed by atoms with Gasteiger partial charge < -0.3 is 8.94 Å². The van der Waals surface area contributed by atoms with Gasteiger partial charge in [0.05, 0.1) is 4.88 Å². The van der Waals surface area contributed by atoms with E-state index in [0.717, 1.165) is 23.5 Å². The van der Waals surface area contributed by atoms with E-state index in [9.17, 15) is 4.79 Å². The van der Waals surface area contributed by atoms with Gasteiger partial charge in [-0.2, -0.15) is 9.67 Å². The van der Waals surface area contributed by atoms with Gasteiger partial charge in [-0.15, -0.1) is 16.4 Å². The lowest BCUT2D eigenvalue weighted by Gasteiger charge is -1.99. The summed E-state index contributed by atoms with van der Waals surface area (Å²) in [6.07, 6.45) is 4.62. The van der Waals surface area contributed by atoms with Crippen LogP contribution >= 0.6 is 11.3 Å². The second-order valence-electron chi connectivity index (χ2n) is 5.34. The molecule has 1 aliphatic rings. The molecule has 3 aromatic heterocycles. The Bertz CT molecular complexity index is 811. The summed E-state index contributed by atoms with van der Waals surface area (Å²) in [7, 11) is 0. The van der Waals surface area contributed by atoms with Crippen molar-refractivity contribution in [2.75, 3.05) is 0 Å². The zero-order valence-electron chi connectivity index (χ0n) is 11.8. The predicted molar refractivity (Wildman–Crippen MR) is 78.7 cm³/mol. The standard InChI is InChI=1S/C14H14N4O3S/c19-14-18(16-13(20-14)10-6-3-7-22-10)8-11-15-12(17-21-11)9-4-1-2-5-9/h3,6-7,9H,1-2,4-5,8H2. The van der Waals surface area contributed by atoms with Crippen molar-refractivity contribution in [2.24, 2.45) is 0 Å². The van der Waals surface area contributed by atoms with Gasteiger partial charge in [-0.3, -0.25) is 0 Å². The third-order valence-electron chi connectivity index (χ3n) is 3.83. The number of thiophene rings is 1. The Labute approximate surface area is 129 Å². The first-order chi connectivity index (χ1) is 10.8. The molecule has 3 aromatic rings. The van der Waals surface area contributed by atoms with Gasteiger partial charge in [0.15, 0.2) is 5.82 Å². The molecule has 0 atom stereocenters. The first-order valence-electron chi connectivity index (χ1n) is 7.24. The summed E-state index contributed by atoms with van der Waals surface area (Å²) in [5.41, 5.74) is 0. The molecule has 7 nitrogen and oxygen atoms in total. The molecule has 3 heterocycles. The van der Waals surface area contributed by atoms with Gasteiger partial charge in [0.1, 0.15) is 6.54 Å². The van der Waals surface area contributed by atoms with Crippen LogP contribution in [-0.2, 0) is 6.54 Å². The topological polar surface area (TPSA) is 87.0 Å². The summed E-state index contributed by atoms with van der Waals surface area (Å²) in [6, 6.07) is 3.73. The number of rotatable bonds is 4. The second-order valence-corrected chi connectivity index (χ2v) is 6.28. The molecule has 0 spiro atoms. The van der Waals surface area contributed by atoms with Crippen molar-refractivity contribution in [2.45, 2.75) is 38.1 Å². The molecule has 114 valence electrons. The minimum Gasteiger partial charge on any atom is -0.387 e. The number of hydrogen-bond donors (Lipinski definition) is 0. The Morgan fingerprint density at radius 1 is 1.36 bits per heavy atom.